The predicted molar refractivity (Wildman–Crippen MR) is 107 cm³/mol. The molecule has 0 aliphatic carbocycles. The molecular formula is C19H20FN3O6S. The maximum atomic E-state index is 13.3. The Bertz CT molecular complexity index is 1070. The predicted octanol–water partition coefficient (Wildman–Crippen LogP) is 2.35. The van der Waals surface area contributed by atoms with Gasteiger partial charge in [0.05, 0.1) is 23.5 Å². The summed E-state index contributed by atoms with van der Waals surface area (Å²) in [5, 5.41) is 11.1. The van der Waals surface area contributed by atoms with Gasteiger partial charge in [-0.2, -0.15) is 0 Å². The molecule has 30 heavy (non-hydrogen) atoms. The highest BCUT2D eigenvalue weighted by atomic mass is 32.2. The first kappa shape index (κ1) is 21.4. The van der Waals surface area contributed by atoms with Gasteiger partial charge < -0.3 is 14.7 Å². The third-order valence-corrected chi connectivity index (χ3v) is 6.24. The molecule has 0 spiro atoms. The average Bonchev–Trinajstić information content (AvgIpc) is 2.67. The Kier molecular flexibility index (Phi) is 5.83. The molecular weight excluding hydrogens is 417 g/mol. The number of hydrogen-bond donors (Lipinski definition) is 2. The van der Waals surface area contributed by atoms with E-state index < -0.39 is 28.0 Å². The van der Waals surface area contributed by atoms with E-state index in [1.54, 1.807) is 14.1 Å². The van der Waals surface area contributed by atoms with Crippen LogP contribution in [0.25, 0.3) is 0 Å². The molecule has 2 N–H and O–H groups in total. The van der Waals surface area contributed by atoms with Crippen molar-refractivity contribution in [2.45, 2.75) is 17.4 Å². The van der Waals surface area contributed by atoms with Crippen LogP contribution < -0.4 is 14.4 Å². The largest absolute Gasteiger partial charge is 0.486 e. The number of rotatable bonds is 5. The molecule has 0 fully saturated rings. The van der Waals surface area contributed by atoms with E-state index in [1.807, 2.05) is 0 Å². The zero-order valence-electron chi connectivity index (χ0n) is 16.2. The van der Waals surface area contributed by atoms with Crippen LogP contribution in [0.15, 0.2) is 47.4 Å². The second-order valence-electron chi connectivity index (χ2n) is 6.83. The molecule has 0 aromatic heterocycles. The van der Waals surface area contributed by atoms with Crippen molar-refractivity contribution in [3.8, 4) is 5.75 Å². The second-order valence-corrected chi connectivity index (χ2v) is 8.70. The Hall–Kier alpha value is -3.34. The second kappa shape index (κ2) is 8.19. The number of benzene rings is 2. The van der Waals surface area contributed by atoms with Crippen LogP contribution in [0, 0.1) is 5.82 Å². The molecule has 11 heteroatoms. The summed E-state index contributed by atoms with van der Waals surface area (Å²) in [5.41, 5.74) is 0.256. The number of sulfonamides is 1. The number of amides is 2. The van der Waals surface area contributed by atoms with Crippen molar-refractivity contribution in [2.75, 3.05) is 30.3 Å². The number of carbonyl (C=O) groups is 2. The van der Waals surface area contributed by atoms with Gasteiger partial charge in [-0.15, -0.1) is 0 Å². The van der Waals surface area contributed by atoms with Crippen molar-refractivity contribution in [3.05, 3.63) is 48.3 Å². The Balaban J connectivity index is 2.05. The van der Waals surface area contributed by atoms with Crippen LogP contribution in [0.1, 0.15) is 6.42 Å². The zero-order chi connectivity index (χ0) is 22.1. The van der Waals surface area contributed by atoms with Gasteiger partial charge in [-0.1, -0.05) is 0 Å². The fourth-order valence-corrected chi connectivity index (χ4v) is 4.46. The first-order chi connectivity index (χ1) is 14.1. The average molecular weight is 437 g/mol. The molecule has 1 unspecified atom stereocenters. The van der Waals surface area contributed by atoms with E-state index in [4.69, 9.17) is 9.84 Å². The van der Waals surface area contributed by atoms with E-state index in [0.29, 0.717) is 0 Å². The number of nitrogens with one attached hydrogen (secondary N) is 1. The Morgan fingerprint density at radius 2 is 1.90 bits per heavy atom. The lowest BCUT2D eigenvalue weighted by Crippen LogP contribution is -2.45. The lowest BCUT2D eigenvalue weighted by Gasteiger charge is -2.35. The standard InChI is InChI=1S/C19H20FN3O6S/c1-22(2)18(24)10-14-11-23(30(27,28)15-6-3-12(20)4-7-15)16-9-13(21-19(25)26)5-8-17(16)29-14/h3-9,14,21H,10-11H2,1-2H3,(H,25,26). The number of nitrogens with zero attached hydrogens (tertiary/aromatic N) is 2. The minimum Gasteiger partial charge on any atom is -0.486 e. The number of fused-ring (bicyclic) bond motifs is 1. The minimum absolute atomic E-state index is 0.0585. The van der Waals surface area contributed by atoms with Crippen LogP contribution in [-0.2, 0) is 14.8 Å². The van der Waals surface area contributed by atoms with Gasteiger partial charge in [0.2, 0.25) is 5.91 Å². The summed E-state index contributed by atoms with van der Waals surface area (Å²) in [5.74, 6) is -0.648. The topological polar surface area (TPSA) is 116 Å². The SMILES string of the molecule is CN(C)C(=O)CC1CN(S(=O)(=O)c2ccc(F)cc2)c2cc(NC(=O)O)ccc2O1. The normalized spacial score (nSPS) is 15.7. The number of carbonyl (C=O) groups excluding carboxylic acids is 1. The van der Waals surface area contributed by atoms with Crippen molar-refractivity contribution < 1.29 is 32.2 Å². The van der Waals surface area contributed by atoms with Crippen molar-refractivity contribution in [2.24, 2.45) is 0 Å². The Labute approximate surface area is 172 Å². The number of halogens is 1. The molecule has 1 aliphatic rings. The van der Waals surface area contributed by atoms with Crippen LogP contribution in [-0.4, -0.2) is 57.2 Å². The molecule has 1 heterocycles. The van der Waals surface area contributed by atoms with E-state index in [2.05, 4.69) is 5.32 Å². The summed E-state index contributed by atoms with van der Waals surface area (Å²) in [4.78, 5) is 24.3. The molecule has 3 rings (SSSR count). The van der Waals surface area contributed by atoms with Crippen molar-refractivity contribution in [1.82, 2.24) is 4.90 Å². The number of anilines is 2. The van der Waals surface area contributed by atoms with Gasteiger partial charge >= 0.3 is 6.09 Å². The molecule has 1 aliphatic heterocycles. The quantitative estimate of drug-likeness (QED) is 0.742. The third kappa shape index (κ3) is 4.46. The molecule has 1 atom stereocenters. The van der Waals surface area contributed by atoms with E-state index in [0.717, 1.165) is 28.6 Å². The zero-order valence-corrected chi connectivity index (χ0v) is 17.0. The molecule has 2 amide bonds. The van der Waals surface area contributed by atoms with Crippen LogP contribution in [0.2, 0.25) is 0 Å². The molecule has 2 aromatic rings. The summed E-state index contributed by atoms with van der Waals surface area (Å²) in [7, 11) is -0.981. The fourth-order valence-electron chi connectivity index (χ4n) is 2.96. The molecule has 160 valence electrons. The number of carboxylic acid groups (broad SMARTS) is 1. The van der Waals surface area contributed by atoms with Gasteiger partial charge in [-0.3, -0.25) is 14.4 Å². The van der Waals surface area contributed by atoms with Gasteiger partial charge in [0.25, 0.3) is 10.0 Å². The van der Waals surface area contributed by atoms with Crippen LogP contribution in [0.5, 0.6) is 5.75 Å². The number of hydrogen-bond acceptors (Lipinski definition) is 5. The highest BCUT2D eigenvalue weighted by molar-refractivity contribution is 7.92. The van der Waals surface area contributed by atoms with Gasteiger partial charge in [-0.05, 0) is 42.5 Å². The minimum atomic E-state index is -4.14. The fraction of sp³-hybridized carbons (Fsp3) is 0.263. The summed E-state index contributed by atoms with van der Waals surface area (Å²) in [6.45, 7) is -0.178. The van der Waals surface area contributed by atoms with Crippen molar-refractivity contribution >= 4 is 33.4 Å². The van der Waals surface area contributed by atoms with E-state index >= 15 is 0 Å². The van der Waals surface area contributed by atoms with Gasteiger partial charge in [0, 0.05) is 19.8 Å². The molecule has 0 saturated carbocycles. The Morgan fingerprint density at radius 1 is 1.23 bits per heavy atom. The lowest BCUT2D eigenvalue weighted by molar-refractivity contribution is -0.130. The van der Waals surface area contributed by atoms with E-state index in [1.165, 1.54) is 23.1 Å². The first-order valence-corrected chi connectivity index (χ1v) is 10.3. The van der Waals surface area contributed by atoms with Gasteiger partial charge in [0.1, 0.15) is 17.7 Å². The van der Waals surface area contributed by atoms with Crippen LogP contribution in [0.3, 0.4) is 0 Å². The molecule has 0 saturated heterocycles. The maximum absolute atomic E-state index is 13.3. The summed E-state index contributed by atoms with van der Waals surface area (Å²) >= 11 is 0. The lowest BCUT2D eigenvalue weighted by atomic mass is 10.1. The smallest absolute Gasteiger partial charge is 0.409 e. The summed E-state index contributed by atoms with van der Waals surface area (Å²) in [6.07, 6.45) is -2.13. The molecule has 9 nitrogen and oxygen atoms in total. The highest BCUT2D eigenvalue weighted by Crippen LogP contribution is 2.39. The summed E-state index contributed by atoms with van der Waals surface area (Å²) < 4.78 is 46.7. The van der Waals surface area contributed by atoms with Crippen molar-refractivity contribution in [3.63, 3.8) is 0 Å². The highest BCUT2D eigenvalue weighted by Gasteiger charge is 2.36. The summed E-state index contributed by atoms with van der Waals surface area (Å²) in [6, 6.07) is 8.52. The molecule has 2 aromatic carbocycles. The maximum Gasteiger partial charge on any atom is 0.409 e. The molecule has 0 bridgehead atoms. The van der Waals surface area contributed by atoms with Crippen LogP contribution >= 0.6 is 0 Å². The van der Waals surface area contributed by atoms with Crippen molar-refractivity contribution in [1.29, 1.82) is 0 Å². The third-order valence-electron chi connectivity index (χ3n) is 4.44. The monoisotopic (exact) mass is 437 g/mol. The van der Waals surface area contributed by atoms with E-state index in [9.17, 15) is 22.4 Å². The van der Waals surface area contributed by atoms with Crippen LogP contribution in [0.4, 0.5) is 20.6 Å². The first-order valence-electron chi connectivity index (χ1n) is 8.87. The van der Waals surface area contributed by atoms with Gasteiger partial charge in [-0.25, -0.2) is 17.6 Å². The number of ether oxygens (including phenoxy) is 1. The Morgan fingerprint density at radius 3 is 2.50 bits per heavy atom. The van der Waals surface area contributed by atoms with E-state index in [-0.39, 0.29) is 40.9 Å². The molecule has 0 radical (unpaired) electrons. The van der Waals surface area contributed by atoms with Gasteiger partial charge in [0.15, 0.2) is 0 Å².